The topological polar surface area (TPSA) is 95.9 Å². The normalized spacial score (nSPS) is 31.6. The van der Waals surface area contributed by atoms with Gasteiger partial charge in [0.05, 0.1) is 23.2 Å². The fourth-order valence-electron chi connectivity index (χ4n) is 6.19. The lowest BCUT2D eigenvalue weighted by Gasteiger charge is -2.34. The van der Waals surface area contributed by atoms with Gasteiger partial charge in [-0.05, 0) is 45.1 Å². The van der Waals surface area contributed by atoms with Gasteiger partial charge in [-0.15, -0.1) is 11.8 Å². The second kappa shape index (κ2) is 10.3. The number of esters is 1. The van der Waals surface area contributed by atoms with Crippen molar-refractivity contribution in [3.05, 3.63) is 35.9 Å². The zero-order valence-corrected chi connectivity index (χ0v) is 20.9. The van der Waals surface area contributed by atoms with Gasteiger partial charge < -0.3 is 20.1 Å². The van der Waals surface area contributed by atoms with Gasteiger partial charge >= 0.3 is 5.97 Å². The van der Waals surface area contributed by atoms with Gasteiger partial charge in [-0.3, -0.25) is 14.4 Å². The lowest BCUT2D eigenvalue weighted by atomic mass is 9.66. The first kappa shape index (κ1) is 25.0. The molecule has 3 saturated heterocycles. The van der Waals surface area contributed by atoms with Crippen LogP contribution in [0.1, 0.15) is 57.9 Å². The highest BCUT2D eigenvalue weighted by atomic mass is 32.2. The number of benzene rings is 1. The smallest absolute Gasteiger partial charge is 0.311 e. The summed E-state index contributed by atoms with van der Waals surface area (Å²) in [5, 5.41) is 12.1. The summed E-state index contributed by atoms with van der Waals surface area (Å²) in [6.45, 7) is 5.16. The Kier molecular flexibility index (Phi) is 7.57. The van der Waals surface area contributed by atoms with Crippen molar-refractivity contribution < 1.29 is 24.2 Å². The Morgan fingerprint density at radius 2 is 1.91 bits per heavy atom. The number of aliphatic hydroxyl groups excluding tert-OH is 1. The van der Waals surface area contributed by atoms with Crippen molar-refractivity contribution in [2.45, 2.75) is 74.5 Å². The fraction of sp³-hybridized carbons (Fsp3) is 0.654. The standard InChI is InChI=1S/C26H36N2O5S/c1-3-33-24(32)20-19-23(31)28(15-9-4-5-10-16-29)21(26(19)14-13-25(20,2)34-26)22(30)27-17-18-11-7-6-8-12-18/h6-8,11-12,19-21,29H,3-5,9-10,13-17H2,1-2H3,(H,27,30)/t19-,20+,21?,25-,26?/m0/s1. The van der Waals surface area contributed by atoms with Crippen LogP contribution >= 0.6 is 11.8 Å². The van der Waals surface area contributed by atoms with E-state index in [-0.39, 0.29) is 31.0 Å². The number of hydrogen-bond acceptors (Lipinski definition) is 6. The number of hydrogen-bond donors (Lipinski definition) is 2. The summed E-state index contributed by atoms with van der Waals surface area (Å²) in [6, 6.07) is 9.15. The quantitative estimate of drug-likeness (QED) is 0.367. The lowest BCUT2D eigenvalue weighted by Crippen LogP contribution is -2.53. The van der Waals surface area contributed by atoms with Crippen LogP contribution in [0.5, 0.6) is 0 Å². The zero-order chi connectivity index (χ0) is 24.3. The van der Waals surface area contributed by atoms with Gasteiger partial charge in [0.1, 0.15) is 6.04 Å². The number of carbonyl (C=O) groups excluding carboxylic acids is 3. The van der Waals surface area contributed by atoms with Crippen LogP contribution in [0.4, 0.5) is 0 Å². The zero-order valence-electron chi connectivity index (χ0n) is 20.1. The summed E-state index contributed by atoms with van der Waals surface area (Å²) in [6.07, 6.45) is 4.80. The minimum absolute atomic E-state index is 0.0870. The third-order valence-corrected chi connectivity index (χ3v) is 9.67. The van der Waals surface area contributed by atoms with Gasteiger partial charge in [-0.2, -0.15) is 0 Å². The van der Waals surface area contributed by atoms with E-state index in [4.69, 9.17) is 9.84 Å². The molecule has 186 valence electrons. The molecule has 0 aliphatic carbocycles. The van der Waals surface area contributed by atoms with Crippen LogP contribution in [0.3, 0.4) is 0 Å². The molecule has 3 fully saturated rings. The summed E-state index contributed by atoms with van der Waals surface area (Å²) in [5.41, 5.74) is 1.00. The first-order chi connectivity index (χ1) is 16.4. The number of nitrogens with zero attached hydrogens (tertiary/aromatic N) is 1. The molecule has 1 aromatic carbocycles. The van der Waals surface area contributed by atoms with E-state index in [1.807, 2.05) is 30.3 Å². The highest BCUT2D eigenvalue weighted by Crippen LogP contribution is 2.71. The van der Waals surface area contributed by atoms with Crippen molar-refractivity contribution >= 4 is 29.5 Å². The van der Waals surface area contributed by atoms with Gasteiger partial charge in [0.15, 0.2) is 0 Å². The van der Waals surface area contributed by atoms with Crippen molar-refractivity contribution in [1.82, 2.24) is 10.2 Å². The largest absolute Gasteiger partial charge is 0.466 e. The van der Waals surface area contributed by atoms with E-state index in [1.54, 1.807) is 23.6 Å². The number of likely N-dealkylation sites (tertiary alicyclic amines) is 1. The van der Waals surface area contributed by atoms with E-state index in [1.165, 1.54) is 0 Å². The molecule has 5 atom stereocenters. The summed E-state index contributed by atoms with van der Waals surface area (Å²) in [5.74, 6) is -1.60. The van der Waals surface area contributed by atoms with Crippen molar-refractivity contribution in [2.24, 2.45) is 11.8 Å². The molecule has 0 saturated carbocycles. The van der Waals surface area contributed by atoms with Crippen LogP contribution in [0.15, 0.2) is 30.3 Å². The van der Waals surface area contributed by atoms with Gasteiger partial charge in [-0.1, -0.05) is 43.2 Å². The Balaban J connectivity index is 1.59. The third-order valence-electron chi connectivity index (χ3n) is 7.68. The second-order valence-corrected chi connectivity index (χ2v) is 11.7. The van der Waals surface area contributed by atoms with Crippen LogP contribution < -0.4 is 5.32 Å². The maximum Gasteiger partial charge on any atom is 0.311 e. The molecule has 3 aliphatic rings. The van der Waals surface area contributed by atoms with Gasteiger partial charge in [-0.25, -0.2) is 0 Å². The molecule has 0 radical (unpaired) electrons. The molecular formula is C26H36N2O5S. The minimum Gasteiger partial charge on any atom is -0.466 e. The molecule has 2 bridgehead atoms. The lowest BCUT2D eigenvalue weighted by molar-refractivity contribution is -0.155. The number of nitrogens with one attached hydrogen (secondary N) is 1. The van der Waals surface area contributed by atoms with Crippen molar-refractivity contribution in [3.8, 4) is 0 Å². The van der Waals surface area contributed by atoms with Crippen LogP contribution in [-0.2, 0) is 25.7 Å². The molecule has 4 rings (SSSR count). The van der Waals surface area contributed by atoms with Crippen LogP contribution in [0, 0.1) is 11.8 Å². The molecule has 8 heteroatoms. The number of amides is 2. The Hall–Kier alpha value is -2.06. The maximum absolute atomic E-state index is 13.8. The van der Waals surface area contributed by atoms with Crippen molar-refractivity contribution in [3.63, 3.8) is 0 Å². The van der Waals surface area contributed by atoms with Gasteiger partial charge in [0.25, 0.3) is 0 Å². The number of aliphatic hydroxyl groups is 1. The predicted octanol–water partition coefficient (Wildman–Crippen LogP) is 2.90. The minimum atomic E-state index is -0.602. The fourth-order valence-corrected chi connectivity index (χ4v) is 8.53. The molecule has 2 unspecified atom stereocenters. The monoisotopic (exact) mass is 488 g/mol. The highest BCUT2D eigenvalue weighted by Gasteiger charge is 2.77. The Bertz CT molecular complexity index is 912. The van der Waals surface area contributed by atoms with E-state index in [0.717, 1.165) is 44.1 Å². The number of thioether (sulfide) groups is 1. The molecule has 1 aromatic rings. The number of unbranched alkanes of at least 4 members (excludes halogenated alkanes) is 3. The number of rotatable bonds is 11. The first-order valence-corrected chi connectivity index (χ1v) is 13.3. The van der Waals surface area contributed by atoms with Crippen molar-refractivity contribution in [1.29, 1.82) is 0 Å². The van der Waals surface area contributed by atoms with E-state index in [2.05, 4.69) is 12.2 Å². The molecule has 1 spiro atoms. The van der Waals surface area contributed by atoms with E-state index >= 15 is 0 Å². The van der Waals surface area contributed by atoms with Crippen LogP contribution in [-0.4, -0.2) is 63.1 Å². The molecule has 2 N–H and O–H groups in total. The summed E-state index contributed by atoms with van der Waals surface area (Å²) >= 11 is 1.67. The summed E-state index contributed by atoms with van der Waals surface area (Å²) in [4.78, 5) is 42.3. The molecular weight excluding hydrogens is 452 g/mol. The molecule has 7 nitrogen and oxygen atoms in total. The van der Waals surface area contributed by atoms with Crippen LogP contribution in [0.2, 0.25) is 0 Å². The Morgan fingerprint density at radius 3 is 2.62 bits per heavy atom. The third kappa shape index (κ3) is 4.35. The SMILES string of the molecule is CCOC(=O)[C@H]1[C@H]2C(=O)N(CCCCCCO)C(C(=O)NCc3ccccc3)C23CC[C@]1(C)S3. The highest BCUT2D eigenvalue weighted by molar-refractivity contribution is 8.02. The first-order valence-electron chi connectivity index (χ1n) is 12.5. The van der Waals surface area contributed by atoms with Crippen LogP contribution in [0.25, 0.3) is 0 Å². The summed E-state index contributed by atoms with van der Waals surface area (Å²) < 4.78 is 4.42. The molecule has 3 heterocycles. The van der Waals surface area contributed by atoms with E-state index in [0.29, 0.717) is 13.1 Å². The van der Waals surface area contributed by atoms with Gasteiger partial charge in [0, 0.05) is 24.4 Å². The summed E-state index contributed by atoms with van der Waals surface area (Å²) in [7, 11) is 0. The molecule has 2 amide bonds. The Labute approximate surface area is 206 Å². The van der Waals surface area contributed by atoms with E-state index < -0.39 is 27.4 Å². The second-order valence-electron chi connectivity index (χ2n) is 9.85. The van der Waals surface area contributed by atoms with Gasteiger partial charge in [0.2, 0.25) is 11.8 Å². The van der Waals surface area contributed by atoms with E-state index in [9.17, 15) is 14.4 Å². The Morgan fingerprint density at radius 1 is 1.18 bits per heavy atom. The average Bonchev–Trinajstić information content (AvgIpc) is 3.39. The maximum atomic E-state index is 13.8. The molecule has 3 aliphatic heterocycles. The number of ether oxygens (including phenoxy) is 1. The predicted molar refractivity (Wildman–Crippen MR) is 131 cm³/mol. The molecule has 0 aromatic heterocycles. The average molecular weight is 489 g/mol. The van der Waals surface area contributed by atoms with Crippen molar-refractivity contribution in [2.75, 3.05) is 19.8 Å². The number of fused-ring (bicyclic) bond motifs is 1. The number of carbonyl (C=O) groups is 3. The molecule has 34 heavy (non-hydrogen) atoms.